The van der Waals surface area contributed by atoms with Crippen LogP contribution in [0, 0.1) is 5.82 Å². The molecule has 0 N–H and O–H groups in total. The largest absolute Gasteiger partial charge is 0.220 e. The first-order valence-electron chi connectivity index (χ1n) is 4.02. The number of hydrogen-bond donors (Lipinski definition) is 0. The van der Waals surface area contributed by atoms with Gasteiger partial charge < -0.3 is 0 Å². The highest BCUT2D eigenvalue weighted by atomic mass is 32.2. The van der Waals surface area contributed by atoms with Crippen LogP contribution in [0.5, 0.6) is 0 Å². The Hall–Kier alpha value is -1.36. The second-order valence-corrected chi connectivity index (χ2v) is 3.51. The Morgan fingerprint density at radius 1 is 1.29 bits per heavy atom. The standard InChI is InChI=1S/C9H8FN3S/c1-14-9-6-13(12-11-9)8-4-2-7(10)3-5-8/h2-6H,1H3. The first kappa shape index (κ1) is 9.21. The zero-order valence-electron chi connectivity index (χ0n) is 7.51. The molecule has 0 spiro atoms. The lowest BCUT2D eigenvalue weighted by molar-refractivity contribution is 0.626. The molecular formula is C9H8FN3S. The molecule has 1 heterocycles. The highest BCUT2D eigenvalue weighted by molar-refractivity contribution is 7.98. The lowest BCUT2D eigenvalue weighted by Crippen LogP contribution is -1.94. The van der Waals surface area contributed by atoms with E-state index < -0.39 is 0 Å². The molecular weight excluding hydrogens is 201 g/mol. The molecule has 3 nitrogen and oxygen atoms in total. The zero-order valence-corrected chi connectivity index (χ0v) is 8.33. The summed E-state index contributed by atoms with van der Waals surface area (Å²) in [7, 11) is 0. The molecule has 0 saturated carbocycles. The SMILES string of the molecule is CSc1cn(-c2ccc(F)cc2)nn1. The second kappa shape index (κ2) is 3.79. The molecule has 0 saturated heterocycles. The maximum absolute atomic E-state index is 12.6. The van der Waals surface area contributed by atoms with Gasteiger partial charge in [-0.25, -0.2) is 9.07 Å². The summed E-state index contributed by atoms with van der Waals surface area (Å²) in [5.74, 6) is -0.251. The molecule has 2 rings (SSSR count). The molecule has 0 radical (unpaired) electrons. The maximum Gasteiger partial charge on any atom is 0.139 e. The second-order valence-electron chi connectivity index (χ2n) is 2.68. The fourth-order valence-electron chi connectivity index (χ4n) is 1.06. The lowest BCUT2D eigenvalue weighted by atomic mass is 10.3. The minimum Gasteiger partial charge on any atom is -0.220 e. The van der Waals surface area contributed by atoms with Gasteiger partial charge in [0, 0.05) is 0 Å². The summed E-state index contributed by atoms with van der Waals surface area (Å²) in [6.45, 7) is 0. The van der Waals surface area contributed by atoms with E-state index in [2.05, 4.69) is 10.3 Å². The highest BCUT2D eigenvalue weighted by Gasteiger charge is 2.00. The van der Waals surface area contributed by atoms with Gasteiger partial charge in [0.25, 0.3) is 0 Å². The minimum absolute atomic E-state index is 0.251. The molecule has 0 bridgehead atoms. The van der Waals surface area contributed by atoms with E-state index >= 15 is 0 Å². The Balaban J connectivity index is 2.34. The van der Waals surface area contributed by atoms with Gasteiger partial charge in [-0.15, -0.1) is 16.9 Å². The molecule has 1 aromatic carbocycles. The minimum atomic E-state index is -0.251. The van der Waals surface area contributed by atoms with Gasteiger partial charge in [-0.1, -0.05) is 5.21 Å². The van der Waals surface area contributed by atoms with E-state index in [1.807, 2.05) is 6.26 Å². The number of hydrogen-bond acceptors (Lipinski definition) is 3. The van der Waals surface area contributed by atoms with Crippen molar-refractivity contribution in [3.05, 3.63) is 36.3 Å². The summed E-state index contributed by atoms with van der Waals surface area (Å²) in [6, 6.07) is 6.12. The van der Waals surface area contributed by atoms with Crippen LogP contribution in [-0.2, 0) is 0 Å². The summed E-state index contributed by atoms with van der Waals surface area (Å²) >= 11 is 1.52. The van der Waals surface area contributed by atoms with Crippen LogP contribution in [0.15, 0.2) is 35.5 Å². The lowest BCUT2D eigenvalue weighted by Gasteiger charge is -1.97. The number of thioether (sulfide) groups is 1. The predicted octanol–water partition coefficient (Wildman–Crippen LogP) is 2.13. The topological polar surface area (TPSA) is 30.7 Å². The van der Waals surface area contributed by atoms with Crippen LogP contribution in [0.1, 0.15) is 0 Å². The van der Waals surface area contributed by atoms with Gasteiger partial charge in [-0.05, 0) is 30.5 Å². The fraction of sp³-hybridized carbons (Fsp3) is 0.111. The number of halogens is 1. The number of rotatable bonds is 2. The van der Waals surface area contributed by atoms with Crippen LogP contribution in [0.25, 0.3) is 5.69 Å². The third kappa shape index (κ3) is 1.77. The smallest absolute Gasteiger partial charge is 0.139 e. The molecule has 5 heteroatoms. The van der Waals surface area contributed by atoms with Crippen molar-refractivity contribution in [3.63, 3.8) is 0 Å². The third-order valence-corrected chi connectivity index (χ3v) is 2.38. The van der Waals surface area contributed by atoms with Crippen molar-refractivity contribution in [3.8, 4) is 5.69 Å². The summed E-state index contributed by atoms with van der Waals surface area (Å²) in [6.07, 6.45) is 3.73. The first-order valence-corrected chi connectivity index (χ1v) is 5.24. The van der Waals surface area contributed by atoms with E-state index in [0.717, 1.165) is 10.7 Å². The number of benzene rings is 1. The van der Waals surface area contributed by atoms with Gasteiger partial charge in [0.15, 0.2) is 0 Å². The maximum atomic E-state index is 12.6. The van der Waals surface area contributed by atoms with E-state index in [1.54, 1.807) is 23.0 Å². The predicted molar refractivity (Wildman–Crippen MR) is 53.1 cm³/mol. The molecule has 0 atom stereocenters. The average molecular weight is 209 g/mol. The van der Waals surface area contributed by atoms with E-state index in [0.29, 0.717) is 0 Å². The average Bonchev–Trinajstić information content (AvgIpc) is 2.67. The highest BCUT2D eigenvalue weighted by Crippen LogP contribution is 2.13. The molecule has 0 unspecified atom stereocenters. The quantitative estimate of drug-likeness (QED) is 0.710. The van der Waals surface area contributed by atoms with Crippen LogP contribution in [0.4, 0.5) is 4.39 Å². The van der Waals surface area contributed by atoms with Crippen molar-refractivity contribution in [1.82, 2.24) is 15.0 Å². The Labute approximate surface area is 84.9 Å². The molecule has 0 aliphatic carbocycles. The van der Waals surface area contributed by atoms with Gasteiger partial charge in [0.05, 0.1) is 11.9 Å². The first-order chi connectivity index (χ1) is 6.79. The van der Waals surface area contributed by atoms with Crippen molar-refractivity contribution in [2.24, 2.45) is 0 Å². The number of nitrogens with zero attached hydrogens (tertiary/aromatic N) is 3. The van der Waals surface area contributed by atoms with Crippen molar-refractivity contribution in [2.45, 2.75) is 5.03 Å². The van der Waals surface area contributed by atoms with Crippen LogP contribution >= 0.6 is 11.8 Å². The number of aromatic nitrogens is 3. The Kier molecular flexibility index (Phi) is 2.49. The Morgan fingerprint density at radius 3 is 2.57 bits per heavy atom. The molecule has 0 fully saturated rings. The van der Waals surface area contributed by atoms with Crippen molar-refractivity contribution < 1.29 is 4.39 Å². The van der Waals surface area contributed by atoms with Gasteiger partial charge in [-0.2, -0.15) is 0 Å². The fourth-order valence-corrected chi connectivity index (χ4v) is 1.39. The summed E-state index contributed by atoms with van der Waals surface area (Å²) < 4.78 is 14.2. The van der Waals surface area contributed by atoms with Crippen LogP contribution in [0.2, 0.25) is 0 Å². The molecule has 72 valence electrons. The van der Waals surface area contributed by atoms with E-state index in [4.69, 9.17) is 0 Å². The monoisotopic (exact) mass is 209 g/mol. The van der Waals surface area contributed by atoms with Gasteiger partial charge in [0.1, 0.15) is 10.8 Å². The van der Waals surface area contributed by atoms with Crippen LogP contribution < -0.4 is 0 Å². The van der Waals surface area contributed by atoms with Crippen molar-refractivity contribution in [1.29, 1.82) is 0 Å². The summed E-state index contributed by atoms with van der Waals surface area (Å²) in [5, 5.41) is 8.67. The van der Waals surface area contributed by atoms with Gasteiger partial charge in [0.2, 0.25) is 0 Å². The van der Waals surface area contributed by atoms with Crippen molar-refractivity contribution in [2.75, 3.05) is 6.26 Å². The van der Waals surface area contributed by atoms with Gasteiger partial charge >= 0.3 is 0 Å². The van der Waals surface area contributed by atoms with E-state index in [-0.39, 0.29) is 5.82 Å². The molecule has 0 aliphatic heterocycles. The molecule has 2 aromatic rings. The normalized spacial score (nSPS) is 10.4. The van der Waals surface area contributed by atoms with Crippen LogP contribution in [-0.4, -0.2) is 21.2 Å². The van der Waals surface area contributed by atoms with Gasteiger partial charge in [-0.3, -0.25) is 0 Å². The zero-order chi connectivity index (χ0) is 9.97. The Bertz CT molecular complexity index is 424. The van der Waals surface area contributed by atoms with E-state index in [9.17, 15) is 4.39 Å². The van der Waals surface area contributed by atoms with Crippen molar-refractivity contribution >= 4 is 11.8 Å². The summed E-state index contributed by atoms with van der Waals surface area (Å²) in [5.41, 5.74) is 0.805. The van der Waals surface area contributed by atoms with Crippen LogP contribution in [0.3, 0.4) is 0 Å². The molecule has 1 aromatic heterocycles. The molecule has 14 heavy (non-hydrogen) atoms. The van der Waals surface area contributed by atoms with E-state index in [1.165, 1.54) is 23.9 Å². The molecule has 0 aliphatic rings. The summed E-state index contributed by atoms with van der Waals surface area (Å²) in [4.78, 5) is 0. The Morgan fingerprint density at radius 2 is 2.00 bits per heavy atom. The third-order valence-electron chi connectivity index (χ3n) is 1.77. The molecule has 0 amide bonds.